The summed E-state index contributed by atoms with van der Waals surface area (Å²) in [4.78, 5) is 19.5. The lowest BCUT2D eigenvalue weighted by molar-refractivity contribution is 0.585. The van der Waals surface area contributed by atoms with E-state index in [4.69, 9.17) is 0 Å². The molecule has 0 amide bonds. The average Bonchev–Trinajstić information content (AvgIpc) is 2.35. The number of nitrogens with one attached hydrogen (secondary N) is 1. The summed E-state index contributed by atoms with van der Waals surface area (Å²) in [5, 5.41) is 0. The minimum Gasteiger partial charge on any atom is -0.312 e. The third-order valence-corrected chi connectivity index (χ3v) is 2.44. The molecule has 1 aliphatic rings. The molecule has 92 valence electrons. The van der Waals surface area contributed by atoms with Gasteiger partial charge in [-0.2, -0.15) is 0 Å². The van der Waals surface area contributed by atoms with Gasteiger partial charge in [0, 0.05) is 24.2 Å². The summed E-state index contributed by atoms with van der Waals surface area (Å²) < 4.78 is 13.3. The third kappa shape index (κ3) is 2.29. The maximum absolute atomic E-state index is 13.3. The fraction of sp³-hybridized carbons (Fsp3) is 0.0769. The van der Waals surface area contributed by atoms with E-state index in [-0.39, 0.29) is 11.4 Å². The van der Waals surface area contributed by atoms with Gasteiger partial charge in [-0.15, -0.1) is 0 Å². The Morgan fingerprint density at radius 3 is 3.00 bits per heavy atom. The minimum absolute atomic E-state index is 0.262. The van der Waals surface area contributed by atoms with Crippen molar-refractivity contribution < 1.29 is 4.39 Å². The first-order chi connectivity index (χ1) is 8.61. The standard InChI is InChI=1S/C13H12FN3O/c1-3-11(13-15-7-6-12(18)16-13)17-8-10(14)5-4-9(17)2/h3-8H,2H2,1H3,(H,15,16,18)/b11-3-. The maximum Gasteiger partial charge on any atom is 0.251 e. The van der Waals surface area contributed by atoms with Crippen LogP contribution in [0.1, 0.15) is 12.7 Å². The second-order valence-electron chi connectivity index (χ2n) is 3.67. The molecule has 2 heterocycles. The molecule has 1 aromatic heterocycles. The zero-order chi connectivity index (χ0) is 13.1. The van der Waals surface area contributed by atoms with Crippen molar-refractivity contribution in [2.75, 3.05) is 0 Å². The Hall–Kier alpha value is -2.43. The van der Waals surface area contributed by atoms with Crippen molar-refractivity contribution in [3.63, 3.8) is 0 Å². The molecule has 5 heteroatoms. The molecule has 1 N–H and O–H groups in total. The summed E-state index contributed by atoms with van der Waals surface area (Å²) in [5.41, 5.74) is 0.898. The first-order valence-corrected chi connectivity index (χ1v) is 5.37. The van der Waals surface area contributed by atoms with Gasteiger partial charge >= 0.3 is 0 Å². The molecule has 0 unspecified atom stereocenters. The van der Waals surface area contributed by atoms with E-state index in [1.54, 1.807) is 19.1 Å². The normalized spacial score (nSPS) is 15.9. The topological polar surface area (TPSA) is 49.0 Å². The van der Waals surface area contributed by atoms with Crippen LogP contribution in [0.3, 0.4) is 0 Å². The molecule has 0 aromatic carbocycles. The van der Waals surface area contributed by atoms with Gasteiger partial charge in [0.2, 0.25) is 0 Å². The van der Waals surface area contributed by atoms with Crippen LogP contribution in [0, 0.1) is 0 Å². The predicted octanol–water partition coefficient (Wildman–Crippen LogP) is 2.33. The number of H-pyrrole nitrogens is 1. The van der Waals surface area contributed by atoms with Crippen molar-refractivity contribution in [2.45, 2.75) is 6.92 Å². The molecule has 0 saturated carbocycles. The van der Waals surface area contributed by atoms with Crippen LogP contribution in [0.4, 0.5) is 4.39 Å². The number of nitrogens with zero attached hydrogens (tertiary/aromatic N) is 2. The minimum atomic E-state index is -0.389. The van der Waals surface area contributed by atoms with E-state index in [9.17, 15) is 9.18 Å². The zero-order valence-electron chi connectivity index (χ0n) is 9.85. The molecular formula is C13H12FN3O. The summed E-state index contributed by atoms with van der Waals surface area (Å²) >= 11 is 0. The van der Waals surface area contributed by atoms with E-state index >= 15 is 0 Å². The lowest BCUT2D eigenvalue weighted by Crippen LogP contribution is -2.19. The smallest absolute Gasteiger partial charge is 0.251 e. The first-order valence-electron chi connectivity index (χ1n) is 5.37. The summed E-state index contributed by atoms with van der Waals surface area (Å²) in [5.74, 6) is -0.0227. The molecule has 18 heavy (non-hydrogen) atoms. The lowest BCUT2D eigenvalue weighted by atomic mass is 10.2. The molecule has 1 aromatic rings. The van der Waals surface area contributed by atoms with Gasteiger partial charge in [-0.05, 0) is 19.1 Å². The van der Waals surface area contributed by atoms with Crippen molar-refractivity contribution in [3.05, 3.63) is 71.0 Å². The Labute approximate surface area is 103 Å². The van der Waals surface area contributed by atoms with Crippen molar-refractivity contribution in [3.8, 4) is 0 Å². The van der Waals surface area contributed by atoms with Crippen LogP contribution in [-0.2, 0) is 0 Å². The molecule has 0 fully saturated rings. The van der Waals surface area contributed by atoms with Gasteiger partial charge < -0.3 is 9.88 Å². The number of hydrogen-bond acceptors (Lipinski definition) is 3. The highest BCUT2D eigenvalue weighted by atomic mass is 19.1. The molecular weight excluding hydrogens is 233 g/mol. The molecule has 0 spiro atoms. The molecule has 0 bridgehead atoms. The monoisotopic (exact) mass is 245 g/mol. The van der Waals surface area contributed by atoms with E-state index in [1.165, 1.54) is 29.4 Å². The van der Waals surface area contributed by atoms with Crippen LogP contribution < -0.4 is 5.56 Å². The Balaban J connectivity index is 2.45. The summed E-state index contributed by atoms with van der Waals surface area (Å²) in [6.45, 7) is 5.59. The van der Waals surface area contributed by atoms with Gasteiger partial charge in [0.15, 0.2) is 5.82 Å². The van der Waals surface area contributed by atoms with Gasteiger partial charge in [0.05, 0.1) is 5.70 Å². The highest BCUT2D eigenvalue weighted by molar-refractivity contribution is 5.62. The number of aromatic nitrogens is 2. The molecule has 0 atom stereocenters. The van der Waals surface area contributed by atoms with Gasteiger partial charge in [0.1, 0.15) is 5.83 Å². The van der Waals surface area contributed by atoms with Crippen molar-refractivity contribution >= 4 is 5.70 Å². The summed E-state index contributed by atoms with van der Waals surface area (Å²) in [6.07, 6.45) is 7.31. The molecule has 2 rings (SSSR count). The molecule has 1 aliphatic heterocycles. The van der Waals surface area contributed by atoms with Crippen molar-refractivity contribution in [1.29, 1.82) is 0 Å². The zero-order valence-corrected chi connectivity index (χ0v) is 9.85. The van der Waals surface area contributed by atoms with Crippen LogP contribution in [0.2, 0.25) is 0 Å². The van der Waals surface area contributed by atoms with E-state index < -0.39 is 0 Å². The van der Waals surface area contributed by atoms with Crippen LogP contribution in [0.25, 0.3) is 5.70 Å². The summed E-state index contributed by atoms with van der Waals surface area (Å²) in [6, 6.07) is 1.32. The Morgan fingerprint density at radius 1 is 1.56 bits per heavy atom. The van der Waals surface area contributed by atoms with E-state index in [1.807, 2.05) is 0 Å². The van der Waals surface area contributed by atoms with Gasteiger partial charge in [-0.3, -0.25) is 4.79 Å². The van der Waals surface area contributed by atoms with E-state index in [0.29, 0.717) is 17.2 Å². The third-order valence-electron chi connectivity index (χ3n) is 2.44. The first kappa shape index (κ1) is 12.0. The molecule has 0 aliphatic carbocycles. The number of rotatable bonds is 2. The highest BCUT2D eigenvalue weighted by Crippen LogP contribution is 2.25. The Bertz CT molecular complexity index is 625. The van der Waals surface area contributed by atoms with Crippen molar-refractivity contribution in [1.82, 2.24) is 14.9 Å². The molecule has 0 radical (unpaired) electrons. The van der Waals surface area contributed by atoms with Gasteiger partial charge in [-0.1, -0.05) is 12.7 Å². The number of hydrogen-bond donors (Lipinski definition) is 1. The average molecular weight is 245 g/mol. The van der Waals surface area contributed by atoms with Gasteiger partial charge in [0.25, 0.3) is 5.56 Å². The molecule has 0 saturated heterocycles. The number of aromatic amines is 1. The fourth-order valence-electron chi connectivity index (χ4n) is 1.62. The predicted molar refractivity (Wildman–Crippen MR) is 67.8 cm³/mol. The second kappa shape index (κ2) is 4.83. The highest BCUT2D eigenvalue weighted by Gasteiger charge is 2.16. The van der Waals surface area contributed by atoms with E-state index in [0.717, 1.165) is 0 Å². The van der Waals surface area contributed by atoms with Crippen molar-refractivity contribution in [2.24, 2.45) is 0 Å². The van der Waals surface area contributed by atoms with Crippen LogP contribution in [0.5, 0.6) is 0 Å². The quantitative estimate of drug-likeness (QED) is 0.869. The fourth-order valence-corrected chi connectivity index (χ4v) is 1.62. The maximum atomic E-state index is 13.3. The van der Waals surface area contributed by atoms with Crippen LogP contribution in [-0.4, -0.2) is 14.9 Å². The number of allylic oxidation sites excluding steroid dienone is 4. The van der Waals surface area contributed by atoms with E-state index in [2.05, 4.69) is 16.5 Å². The lowest BCUT2D eigenvalue weighted by Gasteiger charge is -2.25. The Kier molecular flexibility index (Phi) is 3.23. The van der Waals surface area contributed by atoms with Crippen LogP contribution >= 0.6 is 0 Å². The second-order valence-corrected chi connectivity index (χ2v) is 3.67. The largest absolute Gasteiger partial charge is 0.312 e. The Morgan fingerprint density at radius 2 is 2.33 bits per heavy atom. The van der Waals surface area contributed by atoms with Gasteiger partial charge in [-0.25, -0.2) is 9.37 Å². The number of halogens is 1. The summed E-state index contributed by atoms with van der Waals surface area (Å²) in [7, 11) is 0. The molecule has 4 nitrogen and oxygen atoms in total. The van der Waals surface area contributed by atoms with Crippen LogP contribution in [0.15, 0.2) is 59.6 Å². The SMILES string of the molecule is C=C1C=CC(F)=CN1/C(=C\C)c1nccc(=O)[nH]1.